The van der Waals surface area contributed by atoms with E-state index in [0.717, 1.165) is 0 Å². The first-order valence-corrected chi connectivity index (χ1v) is 7.53. The number of piperidine rings is 1. The monoisotopic (exact) mass is 290 g/mol. The molecular formula is C11H15ClN2O3S. The van der Waals surface area contributed by atoms with Crippen LogP contribution in [0.3, 0.4) is 0 Å². The van der Waals surface area contributed by atoms with Crippen LogP contribution >= 0.6 is 11.6 Å². The molecule has 1 aromatic rings. The van der Waals surface area contributed by atoms with Crippen LogP contribution in [0.15, 0.2) is 23.2 Å². The number of hydrogen-bond acceptors (Lipinski definition) is 4. The Balaban J connectivity index is 2.30. The number of aromatic nitrogens is 1. The second kappa shape index (κ2) is 5.13. The molecular weight excluding hydrogens is 276 g/mol. The Bertz CT molecular complexity index is 535. The number of halogens is 1. The molecule has 7 heteroatoms. The van der Waals surface area contributed by atoms with E-state index in [1.54, 1.807) is 6.07 Å². The Morgan fingerprint density at radius 1 is 1.56 bits per heavy atom. The van der Waals surface area contributed by atoms with Gasteiger partial charge in [0.2, 0.25) is 10.0 Å². The zero-order chi connectivity index (χ0) is 13.3. The number of aliphatic hydroxyl groups excluding tert-OH is 1. The molecule has 18 heavy (non-hydrogen) atoms. The maximum absolute atomic E-state index is 12.4. The fraction of sp³-hybridized carbons (Fsp3) is 0.545. The average Bonchev–Trinajstić information content (AvgIpc) is 2.33. The topological polar surface area (TPSA) is 70.5 Å². The van der Waals surface area contributed by atoms with E-state index in [-0.39, 0.29) is 16.0 Å². The van der Waals surface area contributed by atoms with Crippen molar-refractivity contribution in [3.05, 3.63) is 23.5 Å². The molecule has 1 aromatic heterocycles. The summed E-state index contributed by atoms with van der Waals surface area (Å²) in [5.74, 6) is -0.0797. The summed E-state index contributed by atoms with van der Waals surface area (Å²) in [4.78, 5) is 3.81. The van der Waals surface area contributed by atoms with Crippen LogP contribution in [-0.4, -0.2) is 42.0 Å². The lowest BCUT2D eigenvalue weighted by atomic mass is 9.99. The van der Waals surface area contributed by atoms with Gasteiger partial charge < -0.3 is 5.11 Å². The standard InChI is InChI=1S/C11H15ClN2O3S/c1-8-7-14(6-4-9(8)15)18(16,17)10-3-2-5-13-11(10)12/h2-3,5,8-9,15H,4,6-7H2,1H3. The molecule has 1 fully saturated rings. The first-order chi connectivity index (χ1) is 8.43. The van der Waals surface area contributed by atoms with Crippen LogP contribution in [0.5, 0.6) is 0 Å². The van der Waals surface area contributed by atoms with Crippen molar-refractivity contribution in [1.82, 2.24) is 9.29 Å². The van der Waals surface area contributed by atoms with Gasteiger partial charge >= 0.3 is 0 Å². The lowest BCUT2D eigenvalue weighted by Gasteiger charge is -2.33. The highest BCUT2D eigenvalue weighted by atomic mass is 35.5. The lowest BCUT2D eigenvalue weighted by Crippen LogP contribution is -2.44. The third-order valence-corrected chi connectivity index (χ3v) is 5.48. The minimum Gasteiger partial charge on any atom is -0.393 e. The number of hydrogen-bond donors (Lipinski definition) is 1. The van der Waals surface area contributed by atoms with Crippen molar-refractivity contribution in [3.8, 4) is 0 Å². The van der Waals surface area contributed by atoms with Crippen molar-refractivity contribution in [2.45, 2.75) is 24.3 Å². The third kappa shape index (κ3) is 2.51. The fourth-order valence-corrected chi connectivity index (χ4v) is 4.00. The molecule has 0 amide bonds. The van der Waals surface area contributed by atoms with Gasteiger partial charge in [-0.1, -0.05) is 18.5 Å². The average molecular weight is 291 g/mol. The molecule has 0 saturated carbocycles. The number of nitrogens with zero attached hydrogens (tertiary/aromatic N) is 2. The van der Waals surface area contributed by atoms with Crippen molar-refractivity contribution in [2.24, 2.45) is 5.92 Å². The summed E-state index contributed by atoms with van der Waals surface area (Å²) in [5, 5.41) is 9.61. The van der Waals surface area contributed by atoms with E-state index in [4.69, 9.17) is 11.6 Å². The van der Waals surface area contributed by atoms with Crippen LogP contribution in [-0.2, 0) is 10.0 Å². The molecule has 2 atom stereocenters. The molecule has 1 saturated heterocycles. The van der Waals surface area contributed by atoms with Crippen LogP contribution < -0.4 is 0 Å². The summed E-state index contributed by atoms with van der Waals surface area (Å²) < 4.78 is 26.1. The summed E-state index contributed by atoms with van der Waals surface area (Å²) in [6, 6.07) is 2.99. The quantitative estimate of drug-likeness (QED) is 0.829. The molecule has 2 unspecified atom stereocenters. The van der Waals surface area contributed by atoms with E-state index in [2.05, 4.69) is 4.98 Å². The SMILES string of the molecule is CC1CN(S(=O)(=O)c2cccnc2Cl)CCC1O. The zero-order valence-corrected chi connectivity index (χ0v) is 11.5. The van der Waals surface area contributed by atoms with Gasteiger partial charge in [-0.15, -0.1) is 0 Å². The minimum atomic E-state index is -3.62. The minimum absolute atomic E-state index is 0.0173. The molecule has 0 aromatic carbocycles. The number of sulfonamides is 1. The normalized spacial score (nSPS) is 26.2. The van der Waals surface area contributed by atoms with Gasteiger partial charge in [-0.25, -0.2) is 13.4 Å². The molecule has 0 spiro atoms. The molecule has 2 rings (SSSR count). The summed E-state index contributed by atoms with van der Waals surface area (Å²) in [6.07, 6.45) is 1.45. The fourth-order valence-electron chi connectivity index (χ4n) is 2.02. The molecule has 1 aliphatic rings. The molecule has 100 valence electrons. The van der Waals surface area contributed by atoms with E-state index in [9.17, 15) is 13.5 Å². The largest absolute Gasteiger partial charge is 0.393 e. The van der Waals surface area contributed by atoms with E-state index in [0.29, 0.717) is 19.5 Å². The Morgan fingerprint density at radius 3 is 2.89 bits per heavy atom. The molecule has 1 aliphatic heterocycles. The van der Waals surface area contributed by atoms with E-state index in [1.165, 1.54) is 16.6 Å². The van der Waals surface area contributed by atoms with E-state index >= 15 is 0 Å². The van der Waals surface area contributed by atoms with Crippen molar-refractivity contribution in [3.63, 3.8) is 0 Å². The van der Waals surface area contributed by atoms with Crippen LogP contribution in [0, 0.1) is 5.92 Å². The van der Waals surface area contributed by atoms with Crippen LogP contribution in [0.25, 0.3) is 0 Å². The summed E-state index contributed by atoms with van der Waals surface area (Å²) in [7, 11) is -3.62. The first kappa shape index (κ1) is 13.7. The van der Waals surface area contributed by atoms with E-state index < -0.39 is 16.1 Å². The predicted octanol–water partition coefficient (Wildman–Crippen LogP) is 1.13. The summed E-state index contributed by atoms with van der Waals surface area (Å²) in [5.41, 5.74) is 0. The van der Waals surface area contributed by atoms with Gasteiger partial charge in [0.25, 0.3) is 0 Å². The van der Waals surface area contributed by atoms with Gasteiger partial charge in [0.15, 0.2) is 0 Å². The maximum Gasteiger partial charge on any atom is 0.246 e. The van der Waals surface area contributed by atoms with Gasteiger partial charge in [-0.05, 0) is 24.5 Å². The van der Waals surface area contributed by atoms with Crippen molar-refractivity contribution in [2.75, 3.05) is 13.1 Å². The molecule has 0 radical (unpaired) electrons. The lowest BCUT2D eigenvalue weighted by molar-refractivity contribution is 0.0628. The second-order valence-electron chi connectivity index (χ2n) is 4.49. The summed E-state index contributed by atoms with van der Waals surface area (Å²) in [6.45, 7) is 2.44. The van der Waals surface area contributed by atoms with Crippen molar-refractivity contribution >= 4 is 21.6 Å². The molecule has 2 heterocycles. The Hall–Kier alpha value is -0.690. The third-order valence-electron chi connectivity index (χ3n) is 3.17. The second-order valence-corrected chi connectivity index (χ2v) is 6.75. The molecule has 0 aliphatic carbocycles. The Labute approximate surface area is 111 Å². The first-order valence-electron chi connectivity index (χ1n) is 5.71. The number of aliphatic hydroxyl groups is 1. The molecule has 0 bridgehead atoms. The Kier molecular flexibility index (Phi) is 3.91. The van der Waals surface area contributed by atoms with Gasteiger partial charge in [-0.2, -0.15) is 4.31 Å². The van der Waals surface area contributed by atoms with E-state index in [1.807, 2.05) is 6.92 Å². The highest BCUT2D eigenvalue weighted by molar-refractivity contribution is 7.89. The number of pyridine rings is 1. The van der Waals surface area contributed by atoms with Crippen LogP contribution in [0.4, 0.5) is 0 Å². The molecule has 5 nitrogen and oxygen atoms in total. The maximum atomic E-state index is 12.4. The van der Waals surface area contributed by atoms with Gasteiger partial charge in [-0.3, -0.25) is 0 Å². The zero-order valence-electron chi connectivity index (χ0n) is 9.95. The summed E-state index contributed by atoms with van der Waals surface area (Å²) >= 11 is 5.83. The molecule has 1 N–H and O–H groups in total. The predicted molar refractivity (Wildman–Crippen MR) is 67.8 cm³/mol. The Morgan fingerprint density at radius 2 is 2.28 bits per heavy atom. The van der Waals surface area contributed by atoms with Crippen LogP contribution in [0.1, 0.15) is 13.3 Å². The highest BCUT2D eigenvalue weighted by Gasteiger charge is 2.33. The van der Waals surface area contributed by atoms with Gasteiger partial charge in [0, 0.05) is 19.3 Å². The smallest absolute Gasteiger partial charge is 0.246 e. The highest BCUT2D eigenvalue weighted by Crippen LogP contribution is 2.26. The van der Waals surface area contributed by atoms with Gasteiger partial charge in [0.05, 0.1) is 6.10 Å². The van der Waals surface area contributed by atoms with Gasteiger partial charge in [0.1, 0.15) is 10.0 Å². The van der Waals surface area contributed by atoms with Crippen molar-refractivity contribution < 1.29 is 13.5 Å². The van der Waals surface area contributed by atoms with Crippen LogP contribution in [0.2, 0.25) is 5.15 Å². The number of rotatable bonds is 2. The van der Waals surface area contributed by atoms with Crippen molar-refractivity contribution in [1.29, 1.82) is 0 Å².